The van der Waals surface area contributed by atoms with Crippen molar-refractivity contribution in [1.82, 2.24) is 9.88 Å². The molecule has 0 aromatic carbocycles. The molecule has 0 unspecified atom stereocenters. The second-order valence-electron chi connectivity index (χ2n) is 4.10. The molecule has 0 saturated heterocycles. The Hall–Kier alpha value is -0.940. The highest BCUT2D eigenvalue weighted by atomic mass is 32.1. The summed E-state index contributed by atoms with van der Waals surface area (Å²) in [7, 11) is 1.90. The predicted octanol–water partition coefficient (Wildman–Crippen LogP) is 2.23. The molecule has 0 amide bonds. The molecule has 96 valence electrons. The van der Waals surface area contributed by atoms with Crippen LogP contribution in [0.25, 0.3) is 0 Å². The molecular formula is C12H20N2O2S. The standard InChI is InChI=1S/C12H20N2O2S/c1-4-5-6-16-12(15)8-14(3)7-11-9-17-10(2)13-11/h9H,4-8H2,1-3H3. The number of likely N-dealkylation sites (N-methyl/N-ethyl adjacent to an activating group) is 1. The highest BCUT2D eigenvalue weighted by molar-refractivity contribution is 7.09. The number of carbonyl (C=O) groups is 1. The van der Waals surface area contributed by atoms with Gasteiger partial charge < -0.3 is 4.74 Å². The monoisotopic (exact) mass is 256 g/mol. The SMILES string of the molecule is CCCCOC(=O)CN(C)Cc1csc(C)n1. The summed E-state index contributed by atoms with van der Waals surface area (Å²) < 4.78 is 5.10. The molecule has 0 aliphatic carbocycles. The number of thiazole rings is 1. The Labute approximate surface area is 107 Å². The minimum Gasteiger partial charge on any atom is -0.465 e. The van der Waals surface area contributed by atoms with E-state index in [9.17, 15) is 4.79 Å². The first-order valence-corrected chi connectivity index (χ1v) is 6.75. The summed E-state index contributed by atoms with van der Waals surface area (Å²) >= 11 is 1.63. The second kappa shape index (κ2) is 7.40. The van der Waals surface area contributed by atoms with E-state index < -0.39 is 0 Å². The quantitative estimate of drug-likeness (QED) is 0.554. The van der Waals surface area contributed by atoms with E-state index in [1.54, 1.807) is 11.3 Å². The zero-order valence-corrected chi connectivity index (χ0v) is 11.5. The van der Waals surface area contributed by atoms with Crippen molar-refractivity contribution in [1.29, 1.82) is 0 Å². The van der Waals surface area contributed by atoms with Gasteiger partial charge in [-0.25, -0.2) is 4.98 Å². The van der Waals surface area contributed by atoms with Crippen molar-refractivity contribution >= 4 is 17.3 Å². The number of ether oxygens (including phenoxy) is 1. The molecule has 0 atom stereocenters. The number of hydrogen-bond donors (Lipinski definition) is 0. The van der Waals surface area contributed by atoms with Gasteiger partial charge in [-0.3, -0.25) is 9.69 Å². The Morgan fingerprint density at radius 2 is 2.35 bits per heavy atom. The predicted molar refractivity (Wildman–Crippen MR) is 69.1 cm³/mol. The van der Waals surface area contributed by atoms with E-state index in [4.69, 9.17) is 4.74 Å². The summed E-state index contributed by atoms with van der Waals surface area (Å²) in [5.41, 5.74) is 1.01. The topological polar surface area (TPSA) is 42.4 Å². The third-order valence-corrected chi connectivity index (χ3v) is 3.08. The van der Waals surface area contributed by atoms with Gasteiger partial charge >= 0.3 is 5.97 Å². The lowest BCUT2D eigenvalue weighted by Crippen LogP contribution is -2.27. The smallest absolute Gasteiger partial charge is 0.320 e. The third kappa shape index (κ3) is 5.79. The molecule has 0 fully saturated rings. The summed E-state index contributed by atoms with van der Waals surface area (Å²) in [5.74, 6) is -0.159. The Morgan fingerprint density at radius 1 is 1.59 bits per heavy atom. The van der Waals surface area contributed by atoms with Crippen molar-refractivity contribution < 1.29 is 9.53 Å². The number of esters is 1. The molecule has 5 heteroatoms. The summed E-state index contributed by atoms with van der Waals surface area (Å²) in [6.07, 6.45) is 1.97. The fraction of sp³-hybridized carbons (Fsp3) is 0.667. The Kier molecular flexibility index (Phi) is 6.15. The van der Waals surface area contributed by atoms with E-state index in [1.807, 2.05) is 24.3 Å². The molecule has 0 bridgehead atoms. The third-order valence-electron chi connectivity index (χ3n) is 2.26. The van der Waals surface area contributed by atoms with Crippen LogP contribution in [0.1, 0.15) is 30.5 Å². The molecule has 1 rings (SSSR count). The first kappa shape index (κ1) is 14.1. The lowest BCUT2D eigenvalue weighted by atomic mass is 10.4. The highest BCUT2D eigenvalue weighted by Gasteiger charge is 2.09. The van der Waals surface area contributed by atoms with Crippen molar-refractivity contribution in [2.24, 2.45) is 0 Å². The van der Waals surface area contributed by atoms with Gasteiger partial charge in [0.1, 0.15) is 0 Å². The van der Waals surface area contributed by atoms with Crippen LogP contribution in [-0.2, 0) is 16.1 Å². The van der Waals surface area contributed by atoms with Crippen molar-refractivity contribution in [3.8, 4) is 0 Å². The number of hydrogen-bond acceptors (Lipinski definition) is 5. The first-order valence-electron chi connectivity index (χ1n) is 5.87. The molecule has 0 spiro atoms. The first-order chi connectivity index (χ1) is 8.11. The van der Waals surface area contributed by atoms with Crippen molar-refractivity contribution in [3.05, 3.63) is 16.1 Å². The molecule has 1 aromatic rings. The van der Waals surface area contributed by atoms with Crippen molar-refractivity contribution in [3.63, 3.8) is 0 Å². The summed E-state index contributed by atoms with van der Waals surface area (Å²) in [4.78, 5) is 17.7. The number of aryl methyl sites for hydroxylation is 1. The molecular weight excluding hydrogens is 236 g/mol. The van der Waals surface area contributed by atoms with Gasteiger partial charge in [-0.1, -0.05) is 13.3 Å². The molecule has 17 heavy (non-hydrogen) atoms. The summed E-state index contributed by atoms with van der Waals surface area (Å²) in [6.45, 7) is 5.59. The van der Waals surface area contributed by atoms with Crippen LogP contribution in [0.5, 0.6) is 0 Å². The van der Waals surface area contributed by atoms with Gasteiger partial charge in [0, 0.05) is 11.9 Å². The molecule has 0 radical (unpaired) electrons. The zero-order valence-electron chi connectivity index (χ0n) is 10.7. The maximum Gasteiger partial charge on any atom is 0.320 e. The lowest BCUT2D eigenvalue weighted by molar-refractivity contribution is -0.144. The average molecular weight is 256 g/mol. The van der Waals surface area contributed by atoms with Gasteiger partial charge in [0.2, 0.25) is 0 Å². The maximum absolute atomic E-state index is 11.4. The lowest BCUT2D eigenvalue weighted by Gasteiger charge is -2.14. The normalized spacial score (nSPS) is 10.8. The van der Waals surface area contributed by atoms with Gasteiger partial charge in [-0.05, 0) is 20.4 Å². The van der Waals surface area contributed by atoms with Gasteiger partial charge in [-0.15, -0.1) is 11.3 Å². The van der Waals surface area contributed by atoms with Crippen LogP contribution in [-0.4, -0.2) is 36.1 Å². The molecule has 1 heterocycles. The fourth-order valence-corrected chi connectivity index (χ4v) is 2.01. The summed E-state index contributed by atoms with van der Waals surface area (Å²) in [5, 5.41) is 3.08. The fourth-order valence-electron chi connectivity index (χ4n) is 1.41. The minimum atomic E-state index is -0.159. The molecule has 0 N–H and O–H groups in total. The van der Waals surface area contributed by atoms with Gasteiger partial charge in [-0.2, -0.15) is 0 Å². The van der Waals surface area contributed by atoms with E-state index in [-0.39, 0.29) is 5.97 Å². The van der Waals surface area contributed by atoms with E-state index in [1.165, 1.54) is 0 Å². The van der Waals surface area contributed by atoms with Crippen LogP contribution in [0.4, 0.5) is 0 Å². The van der Waals surface area contributed by atoms with Crippen LogP contribution in [0, 0.1) is 6.92 Å². The Bertz CT molecular complexity index is 352. The van der Waals surface area contributed by atoms with Crippen LogP contribution in [0.15, 0.2) is 5.38 Å². The summed E-state index contributed by atoms with van der Waals surface area (Å²) in [6, 6.07) is 0. The van der Waals surface area contributed by atoms with Gasteiger partial charge in [0.05, 0.1) is 23.9 Å². The van der Waals surface area contributed by atoms with Gasteiger partial charge in [0.15, 0.2) is 0 Å². The van der Waals surface area contributed by atoms with Crippen LogP contribution < -0.4 is 0 Å². The number of aromatic nitrogens is 1. The molecule has 0 aliphatic rings. The Morgan fingerprint density at radius 3 is 2.94 bits per heavy atom. The van der Waals surface area contributed by atoms with E-state index in [0.717, 1.165) is 23.5 Å². The van der Waals surface area contributed by atoms with E-state index in [0.29, 0.717) is 19.7 Å². The highest BCUT2D eigenvalue weighted by Crippen LogP contribution is 2.09. The number of carbonyl (C=O) groups excluding carboxylic acids is 1. The van der Waals surface area contributed by atoms with Crippen LogP contribution in [0.2, 0.25) is 0 Å². The average Bonchev–Trinajstić information content (AvgIpc) is 2.64. The van der Waals surface area contributed by atoms with E-state index >= 15 is 0 Å². The zero-order chi connectivity index (χ0) is 12.7. The number of nitrogens with zero attached hydrogens (tertiary/aromatic N) is 2. The number of unbranched alkanes of at least 4 members (excludes halogenated alkanes) is 1. The van der Waals surface area contributed by atoms with Crippen LogP contribution in [0.3, 0.4) is 0 Å². The van der Waals surface area contributed by atoms with Gasteiger partial charge in [0.25, 0.3) is 0 Å². The maximum atomic E-state index is 11.4. The molecule has 0 aliphatic heterocycles. The minimum absolute atomic E-state index is 0.159. The largest absolute Gasteiger partial charge is 0.465 e. The van der Waals surface area contributed by atoms with E-state index in [2.05, 4.69) is 11.9 Å². The molecule has 1 aromatic heterocycles. The number of rotatable bonds is 7. The molecule has 0 saturated carbocycles. The second-order valence-corrected chi connectivity index (χ2v) is 5.17. The van der Waals surface area contributed by atoms with Crippen LogP contribution >= 0.6 is 11.3 Å². The molecule has 4 nitrogen and oxygen atoms in total. The van der Waals surface area contributed by atoms with Crippen molar-refractivity contribution in [2.45, 2.75) is 33.2 Å². The Balaban J connectivity index is 2.24. The van der Waals surface area contributed by atoms with Crippen molar-refractivity contribution in [2.75, 3.05) is 20.2 Å².